The number of carbonyl (C=O) groups is 3. The number of amides is 3. The highest BCUT2D eigenvalue weighted by Crippen LogP contribution is 2.41. The smallest absolute Gasteiger partial charge is 0.355 e. The molecule has 2 aliphatic heterocycles. The first-order valence-electron chi connectivity index (χ1n) is 30.1. The van der Waals surface area contributed by atoms with Gasteiger partial charge in [0.15, 0.2) is 17.1 Å². The maximum absolute atomic E-state index is 16.1. The molecule has 92 heavy (non-hydrogen) atoms. The van der Waals surface area contributed by atoms with Crippen LogP contribution in [0.1, 0.15) is 95.2 Å². The molecule has 2 aliphatic rings. The van der Waals surface area contributed by atoms with Crippen LogP contribution in [0.25, 0.3) is 56.0 Å². The maximum Gasteiger partial charge on any atom is 0.355 e. The van der Waals surface area contributed by atoms with E-state index in [1.54, 1.807) is 46.3 Å². The van der Waals surface area contributed by atoms with Crippen molar-refractivity contribution in [3.63, 3.8) is 0 Å². The predicted octanol–water partition coefficient (Wildman–Crippen LogP) is 11.3. The van der Waals surface area contributed by atoms with E-state index in [-0.39, 0.29) is 92.3 Å². The van der Waals surface area contributed by atoms with Gasteiger partial charge < -0.3 is 34.9 Å². The summed E-state index contributed by atoms with van der Waals surface area (Å²) < 4.78 is 60.3. The SMILES string of the molecule is C=CC(=O)N1CC(C)N(c2nc(=O)n(-c3c(C)cc(CN(C)C)cc3C(C)C)c3nc(-c4c(O)cccc4F)c(F)cc23)CC1C.C=CC(=O)N1CC(C)N(c2nc(=O)n(-c3c(C)ccnc3C(C)C)c3nc(-c4ccccc4NC(=O)C(F)F)c(Cl)cc23)CC1C. The van der Waals surface area contributed by atoms with Crippen LogP contribution in [-0.2, 0) is 20.9 Å². The number of pyridine rings is 3. The second-order valence-electron chi connectivity index (χ2n) is 24.3. The molecule has 3 aromatic carbocycles. The minimum atomic E-state index is -3.23. The normalized spacial score (nSPS) is 16.8. The Labute approximate surface area is 535 Å². The summed E-state index contributed by atoms with van der Waals surface area (Å²) in [4.78, 5) is 97.9. The molecular formula is C68H74ClF4N13O6. The summed E-state index contributed by atoms with van der Waals surface area (Å²) in [7, 11) is 3.96. The summed E-state index contributed by atoms with van der Waals surface area (Å²) in [5.41, 5.74) is 3.97. The Bertz CT molecular complexity index is 4350. The first kappa shape index (κ1) is 67.1. The molecule has 0 spiro atoms. The van der Waals surface area contributed by atoms with Crippen LogP contribution in [-0.4, -0.2) is 142 Å². The van der Waals surface area contributed by atoms with Gasteiger partial charge in [-0.15, -0.1) is 0 Å². The highest BCUT2D eigenvalue weighted by Gasteiger charge is 2.37. The van der Waals surface area contributed by atoms with E-state index in [0.29, 0.717) is 61.0 Å². The maximum atomic E-state index is 16.1. The number of benzene rings is 3. The van der Waals surface area contributed by atoms with Crippen molar-refractivity contribution in [2.24, 2.45) is 0 Å². The van der Waals surface area contributed by atoms with E-state index in [4.69, 9.17) is 16.6 Å². The average molecular weight is 1280 g/mol. The number of nitrogens with zero attached hydrogens (tertiary/aromatic N) is 12. The van der Waals surface area contributed by atoms with Gasteiger partial charge in [0, 0.05) is 68.7 Å². The molecule has 4 unspecified atom stereocenters. The summed E-state index contributed by atoms with van der Waals surface area (Å²) in [6, 6.07) is 17.7. The van der Waals surface area contributed by atoms with Gasteiger partial charge in [-0.1, -0.05) is 88.9 Å². The van der Waals surface area contributed by atoms with E-state index in [0.717, 1.165) is 28.3 Å². The molecule has 2 saturated heterocycles. The number of aryl methyl sites for hydroxylation is 2. The fourth-order valence-corrected chi connectivity index (χ4v) is 12.5. The van der Waals surface area contributed by atoms with Crippen LogP contribution in [0.5, 0.6) is 5.75 Å². The number of phenolic OH excluding ortho intramolecular Hbond substituents is 1. The number of halogens is 5. The molecule has 10 rings (SSSR count). The monoisotopic (exact) mass is 1280 g/mol. The number of phenols is 1. The van der Waals surface area contributed by atoms with Crippen LogP contribution in [0.3, 0.4) is 0 Å². The van der Waals surface area contributed by atoms with Gasteiger partial charge in [0.1, 0.15) is 28.9 Å². The number of nitrogens with one attached hydrogen (secondary N) is 1. The number of para-hydroxylation sites is 1. The quantitative estimate of drug-likeness (QED) is 0.0767. The van der Waals surface area contributed by atoms with Gasteiger partial charge in [0.05, 0.1) is 49.8 Å². The van der Waals surface area contributed by atoms with E-state index in [1.807, 2.05) is 105 Å². The van der Waals surface area contributed by atoms with E-state index in [2.05, 4.69) is 43.3 Å². The van der Waals surface area contributed by atoms with Crippen molar-refractivity contribution in [3.05, 3.63) is 170 Å². The minimum Gasteiger partial charge on any atom is -0.507 e. The largest absolute Gasteiger partial charge is 0.507 e. The number of anilines is 3. The second-order valence-corrected chi connectivity index (χ2v) is 24.7. The molecule has 7 heterocycles. The third-order valence-corrected chi connectivity index (χ3v) is 16.8. The van der Waals surface area contributed by atoms with Crippen molar-refractivity contribution < 1.29 is 37.1 Å². The highest BCUT2D eigenvalue weighted by atomic mass is 35.5. The zero-order chi connectivity index (χ0) is 67.1. The number of aromatic hydroxyl groups is 1. The molecule has 8 aromatic rings. The molecule has 3 amide bonds. The van der Waals surface area contributed by atoms with E-state index in [1.165, 1.54) is 45.6 Å². The first-order valence-corrected chi connectivity index (χ1v) is 30.5. The molecule has 0 saturated carbocycles. The summed E-state index contributed by atoms with van der Waals surface area (Å²) in [5.74, 6) is -3.61. The minimum absolute atomic E-state index is 0.00989. The Morgan fingerprint density at radius 1 is 0.696 bits per heavy atom. The molecule has 0 bridgehead atoms. The van der Waals surface area contributed by atoms with Gasteiger partial charge in [0.2, 0.25) is 11.8 Å². The third kappa shape index (κ3) is 13.1. The average Bonchev–Trinajstić information content (AvgIpc) is 0.740. The Morgan fingerprint density at radius 3 is 1.78 bits per heavy atom. The van der Waals surface area contributed by atoms with Crippen LogP contribution in [0.15, 0.2) is 114 Å². The molecule has 2 N–H and O–H groups in total. The van der Waals surface area contributed by atoms with Gasteiger partial charge in [-0.3, -0.25) is 19.4 Å². The van der Waals surface area contributed by atoms with E-state index >= 15 is 8.78 Å². The topological polar surface area (TPSA) is 208 Å². The summed E-state index contributed by atoms with van der Waals surface area (Å²) >= 11 is 6.89. The number of rotatable bonds is 14. The Balaban J connectivity index is 0.000000217. The molecule has 0 radical (unpaired) electrons. The number of aromatic nitrogens is 7. The van der Waals surface area contributed by atoms with Crippen molar-refractivity contribution in [2.75, 3.05) is 55.4 Å². The number of fused-ring (bicyclic) bond motifs is 2. The van der Waals surface area contributed by atoms with Crippen molar-refractivity contribution in [3.8, 4) is 39.6 Å². The Morgan fingerprint density at radius 2 is 1.25 bits per heavy atom. The molecule has 0 aliphatic carbocycles. The van der Waals surface area contributed by atoms with Gasteiger partial charge >= 0.3 is 17.8 Å². The molecule has 19 nitrogen and oxygen atoms in total. The number of hydrogen-bond acceptors (Lipinski definition) is 14. The van der Waals surface area contributed by atoms with Crippen molar-refractivity contribution >= 4 is 68.7 Å². The highest BCUT2D eigenvalue weighted by molar-refractivity contribution is 6.34. The van der Waals surface area contributed by atoms with Crippen LogP contribution < -0.4 is 26.5 Å². The van der Waals surface area contributed by atoms with Crippen LogP contribution in [0.2, 0.25) is 5.02 Å². The van der Waals surface area contributed by atoms with E-state index < -0.39 is 52.4 Å². The summed E-state index contributed by atoms with van der Waals surface area (Å²) in [5, 5.41) is 13.7. The Kier molecular flexibility index (Phi) is 19.8. The standard InChI is InChI=1S/C35H40F2N6O3.C33H34ClF2N7O3/c1-9-29(45)41-16-22(6)42(17-21(41)5)33-25-15-27(37)31(30-26(36)11-10-12-28(30)44)38-34(25)43(35(46)39-33)32-20(4)13-23(18-40(7)8)14-24(32)19(2)3;1-7-25(44)41-15-20(6)42(16-19(41)5)30-22-14-23(34)27(21-10-8-9-11-24(21)38-32(45)29(35)36)39-31(22)43(33(46)40-30)28-18(4)12-13-37-26(28)17(2)3/h9-15,19,21-22,44H,1,16-18H2,2-8H3;7-14,17,19-20,29H,1,15-16H2,2-6H3,(H,38,45). The molecule has 24 heteroatoms. The molecular weight excluding hydrogens is 1210 g/mol. The van der Waals surface area contributed by atoms with Gasteiger partial charge in [-0.2, -0.15) is 18.7 Å². The van der Waals surface area contributed by atoms with Crippen LogP contribution in [0, 0.1) is 25.5 Å². The summed E-state index contributed by atoms with van der Waals surface area (Å²) in [6.07, 6.45) is 0.990. The fourth-order valence-electron chi connectivity index (χ4n) is 12.2. The van der Waals surface area contributed by atoms with Gasteiger partial charge in [-0.25, -0.2) is 37.5 Å². The molecule has 482 valence electrons. The number of alkyl halides is 2. The number of carbonyl (C=O) groups excluding carboxylic acids is 3. The zero-order valence-corrected chi connectivity index (χ0v) is 54.2. The second kappa shape index (κ2) is 27.2. The lowest BCUT2D eigenvalue weighted by molar-refractivity contribution is -0.129. The van der Waals surface area contributed by atoms with Gasteiger partial charge in [-0.05, 0) is 138 Å². The molecule has 4 atom stereocenters. The lowest BCUT2D eigenvalue weighted by Gasteiger charge is -2.44. The lowest BCUT2D eigenvalue weighted by Crippen LogP contribution is -2.58. The van der Waals surface area contributed by atoms with Crippen molar-refractivity contribution in [2.45, 2.75) is 118 Å². The Hall–Kier alpha value is -9.35. The predicted molar refractivity (Wildman–Crippen MR) is 352 cm³/mol. The number of piperazine rings is 2. The first-order chi connectivity index (χ1) is 43.6. The summed E-state index contributed by atoms with van der Waals surface area (Å²) in [6.45, 7) is 28.7. The van der Waals surface area contributed by atoms with Crippen LogP contribution in [0.4, 0.5) is 34.9 Å². The van der Waals surface area contributed by atoms with E-state index in [9.17, 15) is 37.9 Å². The third-order valence-electron chi connectivity index (χ3n) is 16.6. The van der Waals surface area contributed by atoms with Crippen molar-refractivity contribution in [1.82, 2.24) is 48.8 Å². The lowest BCUT2D eigenvalue weighted by atomic mass is 9.94. The number of hydrogen-bond donors (Lipinski definition) is 2. The zero-order valence-electron chi connectivity index (χ0n) is 53.4. The molecule has 2 fully saturated rings. The molecule has 5 aromatic heterocycles. The van der Waals surface area contributed by atoms with Crippen molar-refractivity contribution in [1.29, 1.82) is 0 Å². The van der Waals surface area contributed by atoms with Gasteiger partial charge in [0.25, 0.3) is 5.91 Å². The fraction of sp³-hybridized carbons (Fsp3) is 0.353. The van der Waals surface area contributed by atoms with Crippen LogP contribution >= 0.6 is 11.6 Å².